The molecule has 0 fully saturated rings. The van der Waals surface area contributed by atoms with Crippen LogP contribution in [0.1, 0.15) is 27.6 Å². The van der Waals surface area contributed by atoms with Crippen molar-refractivity contribution in [1.82, 2.24) is 0 Å². The van der Waals surface area contributed by atoms with E-state index in [1.54, 1.807) is 30.3 Å². The van der Waals surface area contributed by atoms with Crippen LogP contribution in [0.15, 0.2) is 42.5 Å². The number of halogens is 1. The summed E-state index contributed by atoms with van der Waals surface area (Å²) in [5, 5.41) is 0.208. The average molecular weight is 334 g/mol. The van der Waals surface area contributed by atoms with E-state index in [9.17, 15) is 9.59 Å². The zero-order valence-electron chi connectivity index (χ0n) is 12.7. The Hall–Kier alpha value is -2.53. The molecule has 0 heterocycles. The fourth-order valence-corrected chi connectivity index (χ4v) is 2.18. The molecule has 2 aromatic carbocycles. The first kappa shape index (κ1) is 16.8. The van der Waals surface area contributed by atoms with Crippen molar-refractivity contribution < 1.29 is 19.1 Å². The summed E-state index contributed by atoms with van der Waals surface area (Å²) in [5.41, 5.74) is 6.54. The number of ketones is 1. The topological polar surface area (TPSA) is 78.6 Å². The van der Waals surface area contributed by atoms with Gasteiger partial charge in [0.2, 0.25) is 5.78 Å². The zero-order chi connectivity index (χ0) is 17.0. The Kier molecular flexibility index (Phi) is 5.24. The number of methoxy groups -OCH3 is 1. The Morgan fingerprint density at radius 1 is 1.17 bits per heavy atom. The van der Waals surface area contributed by atoms with Gasteiger partial charge in [0.25, 0.3) is 0 Å². The Morgan fingerprint density at radius 2 is 1.83 bits per heavy atom. The van der Waals surface area contributed by atoms with E-state index in [2.05, 4.69) is 0 Å². The molecule has 0 saturated heterocycles. The van der Waals surface area contributed by atoms with Crippen LogP contribution in [0.5, 0.6) is 5.75 Å². The van der Waals surface area contributed by atoms with Crippen LogP contribution in [0.3, 0.4) is 0 Å². The molecule has 0 unspecified atom stereocenters. The van der Waals surface area contributed by atoms with Crippen LogP contribution < -0.4 is 10.5 Å². The van der Waals surface area contributed by atoms with Gasteiger partial charge in [-0.1, -0.05) is 41.9 Å². The third-order valence-electron chi connectivity index (χ3n) is 3.25. The zero-order valence-corrected chi connectivity index (χ0v) is 13.5. The number of carbonyl (C=O) groups is 2. The predicted octanol–water partition coefficient (Wildman–Crippen LogP) is 3.36. The van der Waals surface area contributed by atoms with Crippen molar-refractivity contribution in [3.8, 4) is 5.75 Å². The van der Waals surface area contributed by atoms with Crippen LogP contribution in [-0.2, 0) is 4.74 Å². The molecular formula is C17H16ClNO4. The number of hydrogen-bond acceptors (Lipinski definition) is 5. The number of rotatable bonds is 5. The minimum atomic E-state index is -0.939. The fourth-order valence-electron chi connectivity index (χ4n) is 2.01. The molecule has 0 aromatic heterocycles. The number of esters is 1. The first-order valence-corrected chi connectivity index (χ1v) is 7.25. The van der Waals surface area contributed by atoms with Crippen molar-refractivity contribution >= 4 is 29.0 Å². The van der Waals surface area contributed by atoms with E-state index in [0.717, 1.165) is 0 Å². The normalized spacial score (nSPS) is 11.6. The maximum atomic E-state index is 12.3. The van der Waals surface area contributed by atoms with E-state index in [1.807, 2.05) is 0 Å². The second kappa shape index (κ2) is 7.15. The summed E-state index contributed by atoms with van der Waals surface area (Å²) in [6, 6.07) is 11.4. The van der Waals surface area contributed by atoms with Gasteiger partial charge in [-0.05, 0) is 13.0 Å². The summed E-state index contributed by atoms with van der Waals surface area (Å²) in [7, 11) is 1.40. The van der Waals surface area contributed by atoms with Gasteiger partial charge in [-0.3, -0.25) is 4.79 Å². The largest absolute Gasteiger partial charge is 0.496 e. The highest BCUT2D eigenvalue weighted by atomic mass is 35.5. The van der Waals surface area contributed by atoms with Crippen LogP contribution in [0.4, 0.5) is 5.69 Å². The van der Waals surface area contributed by atoms with Crippen molar-refractivity contribution in [3.63, 3.8) is 0 Å². The molecule has 0 amide bonds. The van der Waals surface area contributed by atoms with Gasteiger partial charge in [0.05, 0.1) is 17.8 Å². The summed E-state index contributed by atoms with van der Waals surface area (Å²) in [6.07, 6.45) is -0.939. The first-order chi connectivity index (χ1) is 10.9. The van der Waals surface area contributed by atoms with E-state index in [4.69, 9.17) is 26.8 Å². The van der Waals surface area contributed by atoms with Gasteiger partial charge in [-0.2, -0.15) is 0 Å². The standard InChI is InChI=1S/C17H16ClNO4/c1-10(16(20)11-6-4-3-5-7-11)23-17(21)12-8-13(18)14(19)9-15(12)22-2/h3-10H,19H2,1-2H3/t10-/m0/s1. The molecule has 23 heavy (non-hydrogen) atoms. The summed E-state index contributed by atoms with van der Waals surface area (Å²) in [5.74, 6) is -0.767. The van der Waals surface area contributed by atoms with Gasteiger partial charge >= 0.3 is 5.97 Å². The molecule has 0 radical (unpaired) electrons. The molecule has 1 atom stereocenters. The van der Waals surface area contributed by atoms with E-state index >= 15 is 0 Å². The van der Waals surface area contributed by atoms with Crippen LogP contribution in [-0.4, -0.2) is 25.0 Å². The number of carbonyl (C=O) groups excluding carboxylic acids is 2. The highest BCUT2D eigenvalue weighted by Crippen LogP contribution is 2.29. The lowest BCUT2D eigenvalue weighted by molar-refractivity contribution is 0.0316. The molecule has 2 N–H and O–H groups in total. The number of Topliss-reactive ketones (excluding diaryl/α,β-unsaturated/α-hetero) is 1. The van der Waals surface area contributed by atoms with Gasteiger partial charge < -0.3 is 15.2 Å². The Bertz CT molecular complexity index is 731. The van der Waals surface area contributed by atoms with Crippen molar-refractivity contribution in [2.75, 3.05) is 12.8 Å². The van der Waals surface area contributed by atoms with Gasteiger partial charge in [-0.15, -0.1) is 0 Å². The van der Waals surface area contributed by atoms with Gasteiger partial charge in [0, 0.05) is 11.6 Å². The lowest BCUT2D eigenvalue weighted by Gasteiger charge is -2.14. The number of ether oxygens (including phenoxy) is 2. The minimum absolute atomic E-state index is 0.111. The van der Waals surface area contributed by atoms with Gasteiger partial charge in [0.15, 0.2) is 6.10 Å². The maximum absolute atomic E-state index is 12.3. The molecule has 2 aromatic rings. The maximum Gasteiger partial charge on any atom is 0.342 e. The van der Waals surface area contributed by atoms with E-state index < -0.39 is 12.1 Å². The second-order valence-corrected chi connectivity index (χ2v) is 5.26. The summed E-state index contributed by atoms with van der Waals surface area (Å²) >= 11 is 5.93. The molecule has 0 bridgehead atoms. The smallest absolute Gasteiger partial charge is 0.342 e. The number of nitrogens with two attached hydrogens (primary N) is 1. The predicted molar refractivity (Wildman–Crippen MR) is 88.1 cm³/mol. The fraction of sp³-hybridized carbons (Fsp3) is 0.176. The van der Waals surface area contributed by atoms with Gasteiger partial charge in [-0.25, -0.2) is 4.79 Å². The number of benzene rings is 2. The third-order valence-corrected chi connectivity index (χ3v) is 3.58. The van der Waals surface area contributed by atoms with E-state index in [0.29, 0.717) is 5.56 Å². The monoisotopic (exact) mass is 333 g/mol. The molecule has 5 nitrogen and oxygen atoms in total. The molecule has 120 valence electrons. The van der Waals surface area contributed by atoms with Crippen LogP contribution in [0, 0.1) is 0 Å². The highest BCUT2D eigenvalue weighted by molar-refractivity contribution is 6.33. The van der Waals surface area contributed by atoms with Crippen LogP contribution >= 0.6 is 11.6 Å². The Labute approximate surface area is 139 Å². The van der Waals surface area contributed by atoms with E-state index in [-0.39, 0.29) is 27.8 Å². The summed E-state index contributed by atoms with van der Waals surface area (Å²) in [6.45, 7) is 1.51. The number of nitrogen functional groups attached to an aromatic ring is 1. The summed E-state index contributed by atoms with van der Waals surface area (Å²) in [4.78, 5) is 24.5. The lowest BCUT2D eigenvalue weighted by atomic mass is 10.1. The first-order valence-electron chi connectivity index (χ1n) is 6.87. The van der Waals surface area contributed by atoms with Crippen molar-refractivity contribution in [2.24, 2.45) is 0 Å². The molecule has 0 aliphatic rings. The van der Waals surface area contributed by atoms with Crippen molar-refractivity contribution in [2.45, 2.75) is 13.0 Å². The quantitative estimate of drug-likeness (QED) is 0.515. The van der Waals surface area contributed by atoms with Crippen LogP contribution in [0.2, 0.25) is 5.02 Å². The summed E-state index contributed by atoms with van der Waals surface area (Å²) < 4.78 is 10.3. The second-order valence-electron chi connectivity index (χ2n) is 4.85. The Morgan fingerprint density at radius 3 is 2.43 bits per heavy atom. The number of hydrogen-bond donors (Lipinski definition) is 1. The molecule has 2 rings (SSSR count). The molecule has 0 aliphatic carbocycles. The molecule has 0 saturated carbocycles. The Balaban J connectivity index is 2.19. The van der Waals surface area contributed by atoms with E-state index in [1.165, 1.54) is 26.2 Å². The van der Waals surface area contributed by atoms with Gasteiger partial charge in [0.1, 0.15) is 11.3 Å². The minimum Gasteiger partial charge on any atom is -0.496 e. The molecule has 0 aliphatic heterocycles. The van der Waals surface area contributed by atoms with Crippen molar-refractivity contribution in [1.29, 1.82) is 0 Å². The number of anilines is 1. The van der Waals surface area contributed by atoms with Crippen molar-refractivity contribution in [3.05, 3.63) is 58.6 Å². The SMILES string of the molecule is COc1cc(N)c(Cl)cc1C(=O)O[C@@H](C)C(=O)c1ccccc1. The third kappa shape index (κ3) is 3.81. The average Bonchev–Trinajstić information content (AvgIpc) is 2.56. The van der Waals surface area contributed by atoms with Crippen LogP contribution in [0.25, 0.3) is 0 Å². The lowest BCUT2D eigenvalue weighted by Crippen LogP contribution is -2.24. The molecule has 6 heteroatoms. The molecule has 0 spiro atoms. The highest BCUT2D eigenvalue weighted by Gasteiger charge is 2.23. The molecular weight excluding hydrogens is 318 g/mol.